The van der Waals surface area contributed by atoms with E-state index in [-0.39, 0.29) is 12.5 Å². The third-order valence-corrected chi connectivity index (χ3v) is 5.17. The van der Waals surface area contributed by atoms with Crippen molar-refractivity contribution >= 4 is 11.9 Å². The molecule has 0 saturated heterocycles. The van der Waals surface area contributed by atoms with Crippen LogP contribution < -0.4 is 10.1 Å². The predicted octanol–water partition coefficient (Wildman–Crippen LogP) is 3.54. The summed E-state index contributed by atoms with van der Waals surface area (Å²) in [6.07, 6.45) is 3.87. The summed E-state index contributed by atoms with van der Waals surface area (Å²) in [6.45, 7) is 2.25. The standard InChI is InChI=1S/C24H25N3O4/c1-16-6-10-19(11-7-16)27-14-21(23(26-27)18-4-3-5-20(12-18)30-2)24(29)25-13-22(28)31-15-17-8-9-17/h3-7,10-12,14,17H,8-9,13,15H2,1-2H3,(H,25,29). The molecule has 0 radical (unpaired) electrons. The van der Waals surface area contributed by atoms with E-state index in [4.69, 9.17) is 9.47 Å². The summed E-state index contributed by atoms with van der Waals surface area (Å²) in [7, 11) is 1.59. The normalized spacial score (nSPS) is 13.0. The van der Waals surface area contributed by atoms with Crippen molar-refractivity contribution in [2.75, 3.05) is 20.3 Å². The fourth-order valence-corrected chi connectivity index (χ4v) is 3.15. The third-order valence-electron chi connectivity index (χ3n) is 5.17. The first-order chi connectivity index (χ1) is 15.0. The van der Waals surface area contributed by atoms with Crippen molar-refractivity contribution < 1.29 is 19.1 Å². The van der Waals surface area contributed by atoms with Gasteiger partial charge in [0.15, 0.2) is 0 Å². The number of rotatable bonds is 8. The monoisotopic (exact) mass is 419 g/mol. The van der Waals surface area contributed by atoms with Crippen LogP contribution in [0.5, 0.6) is 5.75 Å². The molecule has 0 spiro atoms. The number of nitrogens with one attached hydrogen (secondary N) is 1. The zero-order valence-corrected chi connectivity index (χ0v) is 17.6. The number of hydrogen-bond acceptors (Lipinski definition) is 5. The van der Waals surface area contributed by atoms with E-state index in [0.717, 1.165) is 29.7 Å². The highest BCUT2D eigenvalue weighted by Gasteiger charge is 2.24. The van der Waals surface area contributed by atoms with Gasteiger partial charge in [-0.05, 0) is 49.9 Å². The number of amides is 1. The van der Waals surface area contributed by atoms with Gasteiger partial charge >= 0.3 is 5.97 Å². The Morgan fingerprint density at radius 3 is 2.65 bits per heavy atom. The lowest BCUT2D eigenvalue weighted by atomic mass is 10.1. The van der Waals surface area contributed by atoms with Crippen LogP contribution in [0.1, 0.15) is 28.8 Å². The smallest absolute Gasteiger partial charge is 0.325 e. The number of esters is 1. The quantitative estimate of drug-likeness (QED) is 0.565. The first kappa shape index (κ1) is 20.7. The van der Waals surface area contributed by atoms with Crippen molar-refractivity contribution in [3.63, 3.8) is 0 Å². The van der Waals surface area contributed by atoms with Gasteiger partial charge in [-0.2, -0.15) is 5.10 Å². The van der Waals surface area contributed by atoms with Gasteiger partial charge < -0.3 is 14.8 Å². The lowest BCUT2D eigenvalue weighted by Crippen LogP contribution is -2.31. The van der Waals surface area contributed by atoms with E-state index < -0.39 is 5.97 Å². The highest BCUT2D eigenvalue weighted by molar-refractivity contribution is 6.01. The van der Waals surface area contributed by atoms with Gasteiger partial charge in [-0.3, -0.25) is 9.59 Å². The van der Waals surface area contributed by atoms with Gasteiger partial charge in [0, 0.05) is 11.8 Å². The minimum Gasteiger partial charge on any atom is -0.497 e. The average Bonchev–Trinajstić information content (AvgIpc) is 3.52. The van der Waals surface area contributed by atoms with Crippen LogP contribution in [0, 0.1) is 12.8 Å². The van der Waals surface area contributed by atoms with E-state index in [0.29, 0.717) is 29.5 Å². The highest BCUT2D eigenvalue weighted by atomic mass is 16.5. The summed E-state index contributed by atoms with van der Waals surface area (Å²) >= 11 is 0. The molecule has 0 bridgehead atoms. The molecule has 1 fully saturated rings. The third kappa shape index (κ3) is 5.12. The largest absolute Gasteiger partial charge is 0.497 e. The van der Waals surface area contributed by atoms with Crippen molar-refractivity contribution in [3.8, 4) is 22.7 Å². The van der Waals surface area contributed by atoms with Crippen LogP contribution in [0.15, 0.2) is 54.7 Å². The fourth-order valence-electron chi connectivity index (χ4n) is 3.15. The molecule has 1 N–H and O–H groups in total. The van der Waals surface area contributed by atoms with Crippen molar-refractivity contribution in [2.45, 2.75) is 19.8 Å². The van der Waals surface area contributed by atoms with Crippen LogP contribution in [-0.2, 0) is 9.53 Å². The molecule has 3 aromatic rings. The SMILES string of the molecule is COc1cccc(-c2nn(-c3ccc(C)cc3)cc2C(=O)NCC(=O)OCC2CC2)c1. The summed E-state index contributed by atoms with van der Waals surface area (Å²) in [5.74, 6) is 0.318. The Bertz CT molecular complexity index is 1080. The van der Waals surface area contributed by atoms with Crippen LogP contribution in [0.3, 0.4) is 0 Å². The maximum absolute atomic E-state index is 12.9. The number of carbonyl (C=O) groups excluding carboxylic acids is 2. The second-order valence-electron chi connectivity index (χ2n) is 7.71. The molecule has 1 heterocycles. The van der Waals surface area contributed by atoms with Gasteiger partial charge in [0.1, 0.15) is 18.0 Å². The molecular weight excluding hydrogens is 394 g/mol. The molecule has 0 atom stereocenters. The zero-order chi connectivity index (χ0) is 21.8. The Balaban J connectivity index is 1.59. The molecule has 4 rings (SSSR count). The minimum absolute atomic E-state index is 0.182. The summed E-state index contributed by atoms with van der Waals surface area (Å²) in [6, 6.07) is 15.2. The first-order valence-corrected chi connectivity index (χ1v) is 10.3. The second kappa shape index (κ2) is 9.04. The molecule has 1 aliphatic carbocycles. The molecule has 160 valence electrons. The van der Waals surface area contributed by atoms with Crippen LogP contribution in [-0.4, -0.2) is 41.9 Å². The average molecular weight is 419 g/mol. The van der Waals surface area contributed by atoms with Crippen molar-refractivity contribution in [1.82, 2.24) is 15.1 Å². The second-order valence-corrected chi connectivity index (χ2v) is 7.71. The topological polar surface area (TPSA) is 82.5 Å². The van der Waals surface area contributed by atoms with Crippen LogP contribution in [0.25, 0.3) is 16.9 Å². The number of benzene rings is 2. The summed E-state index contributed by atoms with van der Waals surface area (Å²) in [5.41, 5.74) is 3.57. The van der Waals surface area contributed by atoms with Crippen LogP contribution in [0.4, 0.5) is 0 Å². The molecule has 7 nitrogen and oxygen atoms in total. The summed E-state index contributed by atoms with van der Waals surface area (Å²) in [5, 5.41) is 7.31. The number of hydrogen-bond donors (Lipinski definition) is 1. The Labute approximate surface area is 181 Å². The number of ether oxygens (including phenoxy) is 2. The Morgan fingerprint density at radius 2 is 1.94 bits per heavy atom. The lowest BCUT2D eigenvalue weighted by molar-refractivity contribution is -0.142. The Morgan fingerprint density at radius 1 is 1.16 bits per heavy atom. The first-order valence-electron chi connectivity index (χ1n) is 10.3. The van der Waals surface area contributed by atoms with Gasteiger partial charge in [-0.1, -0.05) is 29.8 Å². The van der Waals surface area contributed by atoms with Crippen LogP contribution in [0.2, 0.25) is 0 Å². The van der Waals surface area contributed by atoms with Crippen molar-refractivity contribution in [2.24, 2.45) is 5.92 Å². The molecule has 0 aliphatic heterocycles. The number of nitrogens with zero attached hydrogens (tertiary/aromatic N) is 2. The number of aryl methyl sites for hydroxylation is 1. The molecule has 1 amide bonds. The summed E-state index contributed by atoms with van der Waals surface area (Å²) in [4.78, 5) is 24.9. The van der Waals surface area contributed by atoms with E-state index in [1.165, 1.54) is 0 Å². The molecule has 2 aromatic carbocycles. The predicted molar refractivity (Wildman–Crippen MR) is 116 cm³/mol. The molecular formula is C24H25N3O4. The van der Waals surface area contributed by atoms with E-state index in [1.807, 2.05) is 55.5 Å². The van der Waals surface area contributed by atoms with Crippen molar-refractivity contribution in [3.05, 3.63) is 65.9 Å². The Kier molecular flexibility index (Phi) is 6.02. The van der Waals surface area contributed by atoms with E-state index >= 15 is 0 Å². The van der Waals surface area contributed by atoms with Crippen LogP contribution >= 0.6 is 0 Å². The maximum atomic E-state index is 12.9. The molecule has 1 aromatic heterocycles. The molecule has 31 heavy (non-hydrogen) atoms. The van der Waals surface area contributed by atoms with Gasteiger partial charge in [0.2, 0.25) is 0 Å². The number of carbonyl (C=O) groups is 2. The molecule has 1 saturated carbocycles. The van der Waals surface area contributed by atoms with Gasteiger partial charge in [-0.25, -0.2) is 4.68 Å². The van der Waals surface area contributed by atoms with E-state index in [2.05, 4.69) is 10.4 Å². The molecule has 1 aliphatic rings. The van der Waals surface area contributed by atoms with Crippen molar-refractivity contribution in [1.29, 1.82) is 0 Å². The molecule has 0 unspecified atom stereocenters. The number of methoxy groups -OCH3 is 1. The van der Waals surface area contributed by atoms with E-state index in [9.17, 15) is 9.59 Å². The molecule has 7 heteroatoms. The fraction of sp³-hybridized carbons (Fsp3) is 0.292. The van der Waals surface area contributed by atoms with E-state index in [1.54, 1.807) is 18.0 Å². The Hall–Kier alpha value is -3.61. The van der Waals surface area contributed by atoms with Gasteiger partial charge in [0.05, 0.1) is 25.0 Å². The highest BCUT2D eigenvalue weighted by Crippen LogP contribution is 2.29. The number of aromatic nitrogens is 2. The maximum Gasteiger partial charge on any atom is 0.325 e. The van der Waals surface area contributed by atoms with Gasteiger partial charge in [-0.15, -0.1) is 0 Å². The minimum atomic E-state index is -0.436. The lowest BCUT2D eigenvalue weighted by Gasteiger charge is -2.07. The summed E-state index contributed by atoms with van der Waals surface area (Å²) < 4.78 is 12.2. The zero-order valence-electron chi connectivity index (χ0n) is 17.6. The van der Waals surface area contributed by atoms with Gasteiger partial charge in [0.25, 0.3) is 5.91 Å².